The maximum Gasteiger partial charge on any atom is 0.282 e. The minimum Gasteiger partial charge on any atom is -0.298 e. The lowest BCUT2D eigenvalue weighted by molar-refractivity contribution is 0.0822. The molecule has 116 valence electrons. The van der Waals surface area contributed by atoms with E-state index >= 15 is 0 Å². The van der Waals surface area contributed by atoms with Crippen LogP contribution < -0.4 is 0 Å². The third-order valence-corrected chi connectivity index (χ3v) is 7.02. The summed E-state index contributed by atoms with van der Waals surface area (Å²) in [5.41, 5.74) is 0. The average molecular weight is 301 g/mol. The van der Waals surface area contributed by atoms with Gasteiger partial charge in [-0.1, -0.05) is 19.3 Å². The van der Waals surface area contributed by atoms with E-state index in [0.717, 1.165) is 32.4 Å². The van der Waals surface area contributed by atoms with Gasteiger partial charge in [0.2, 0.25) is 0 Å². The third-order valence-electron chi connectivity index (χ3n) is 5.02. The van der Waals surface area contributed by atoms with E-state index in [1.807, 2.05) is 0 Å². The van der Waals surface area contributed by atoms with Gasteiger partial charge in [-0.3, -0.25) is 4.90 Å². The molecule has 6 heteroatoms. The van der Waals surface area contributed by atoms with Crippen molar-refractivity contribution >= 4 is 10.2 Å². The molecule has 1 atom stereocenters. The van der Waals surface area contributed by atoms with Gasteiger partial charge < -0.3 is 0 Å². The van der Waals surface area contributed by atoms with Gasteiger partial charge in [-0.25, -0.2) is 0 Å². The Balaban J connectivity index is 1.67. The molecular formula is C14H27N3O2S. The highest BCUT2D eigenvalue weighted by molar-refractivity contribution is 7.86. The molecule has 3 saturated heterocycles. The van der Waals surface area contributed by atoms with E-state index in [-0.39, 0.29) is 0 Å². The van der Waals surface area contributed by atoms with E-state index in [4.69, 9.17) is 0 Å². The van der Waals surface area contributed by atoms with Crippen molar-refractivity contribution in [1.29, 1.82) is 0 Å². The average Bonchev–Trinajstić information content (AvgIpc) is 2.76. The number of fused-ring (bicyclic) bond motifs is 1. The van der Waals surface area contributed by atoms with E-state index in [0.29, 0.717) is 32.2 Å². The summed E-state index contributed by atoms with van der Waals surface area (Å²) >= 11 is 0. The van der Waals surface area contributed by atoms with Crippen LogP contribution in [0.2, 0.25) is 0 Å². The van der Waals surface area contributed by atoms with Crippen molar-refractivity contribution in [3.05, 3.63) is 0 Å². The summed E-state index contributed by atoms with van der Waals surface area (Å²) in [5.74, 6) is 0. The van der Waals surface area contributed by atoms with Crippen LogP contribution in [-0.2, 0) is 10.2 Å². The Morgan fingerprint density at radius 3 is 2.15 bits per heavy atom. The summed E-state index contributed by atoms with van der Waals surface area (Å²) in [5, 5.41) is 0. The van der Waals surface area contributed by atoms with Gasteiger partial charge >= 0.3 is 0 Å². The van der Waals surface area contributed by atoms with Crippen LogP contribution in [0.15, 0.2) is 0 Å². The van der Waals surface area contributed by atoms with Crippen LogP contribution in [0.1, 0.15) is 44.9 Å². The lowest BCUT2D eigenvalue weighted by Crippen LogP contribution is -2.58. The predicted octanol–water partition coefficient (Wildman–Crippen LogP) is 1.28. The number of piperazine rings is 1. The zero-order valence-electron chi connectivity index (χ0n) is 12.3. The molecule has 20 heavy (non-hydrogen) atoms. The van der Waals surface area contributed by atoms with Gasteiger partial charge in [0.05, 0.1) is 0 Å². The highest BCUT2D eigenvalue weighted by Crippen LogP contribution is 2.24. The van der Waals surface area contributed by atoms with Crippen LogP contribution in [0.4, 0.5) is 0 Å². The molecule has 0 aliphatic carbocycles. The van der Waals surface area contributed by atoms with Gasteiger partial charge in [-0.2, -0.15) is 17.0 Å². The molecule has 5 nitrogen and oxygen atoms in total. The minimum absolute atomic E-state index is 0.458. The first kappa shape index (κ1) is 14.8. The van der Waals surface area contributed by atoms with Crippen LogP contribution in [0.3, 0.4) is 0 Å². The summed E-state index contributed by atoms with van der Waals surface area (Å²) in [6.07, 6.45) is 8.05. The largest absolute Gasteiger partial charge is 0.298 e. The van der Waals surface area contributed by atoms with Crippen LogP contribution >= 0.6 is 0 Å². The van der Waals surface area contributed by atoms with Crippen molar-refractivity contribution in [2.75, 3.05) is 39.3 Å². The molecule has 3 aliphatic heterocycles. The molecule has 0 amide bonds. The second kappa shape index (κ2) is 6.30. The molecular weight excluding hydrogens is 274 g/mol. The number of hydrogen-bond donors (Lipinski definition) is 0. The maximum atomic E-state index is 12.8. The topological polar surface area (TPSA) is 43.9 Å². The van der Waals surface area contributed by atoms with Crippen LogP contribution in [0, 0.1) is 0 Å². The first-order valence-corrected chi connectivity index (χ1v) is 9.57. The second-order valence-corrected chi connectivity index (χ2v) is 8.29. The summed E-state index contributed by atoms with van der Waals surface area (Å²) < 4.78 is 29.1. The van der Waals surface area contributed by atoms with Crippen molar-refractivity contribution in [3.8, 4) is 0 Å². The third kappa shape index (κ3) is 3.03. The van der Waals surface area contributed by atoms with E-state index < -0.39 is 10.2 Å². The van der Waals surface area contributed by atoms with E-state index in [1.165, 1.54) is 25.7 Å². The normalized spacial score (nSPS) is 31.7. The fraction of sp³-hybridized carbons (Fsp3) is 1.00. The smallest absolute Gasteiger partial charge is 0.282 e. The molecule has 0 saturated carbocycles. The Morgan fingerprint density at radius 1 is 0.700 bits per heavy atom. The van der Waals surface area contributed by atoms with Crippen molar-refractivity contribution in [2.45, 2.75) is 51.0 Å². The number of nitrogens with zero attached hydrogens (tertiary/aromatic N) is 3. The van der Waals surface area contributed by atoms with Gasteiger partial charge in [0.25, 0.3) is 10.2 Å². The zero-order valence-corrected chi connectivity index (χ0v) is 13.2. The van der Waals surface area contributed by atoms with Crippen molar-refractivity contribution < 1.29 is 8.42 Å². The molecule has 0 N–H and O–H groups in total. The standard InChI is InChI=1S/C14H27N3O2S/c18-20(19,16-9-4-1-2-5-10-16)17-12-11-15-8-6-3-7-14(15)13-17/h14H,1-13H2/t14-/m1/s1. The van der Waals surface area contributed by atoms with Crippen LogP contribution in [0.5, 0.6) is 0 Å². The molecule has 0 radical (unpaired) electrons. The van der Waals surface area contributed by atoms with E-state index in [9.17, 15) is 8.42 Å². The first-order chi connectivity index (χ1) is 9.68. The molecule has 0 spiro atoms. The fourth-order valence-corrected chi connectivity index (χ4v) is 5.49. The molecule has 0 aromatic heterocycles. The van der Waals surface area contributed by atoms with Crippen molar-refractivity contribution in [2.24, 2.45) is 0 Å². The zero-order chi connectivity index (χ0) is 14.0. The van der Waals surface area contributed by atoms with E-state index in [2.05, 4.69) is 4.90 Å². The summed E-state index contributed by atoms with van der Waals surface area (Å²) in [4.78, 5) is 2.48. The monoisotopic (exact) mass is 301 g/mol. The highest BCUT2D eigenvalue weighted by Gasteiger charge is 2.37. The Hall–Kier alpha value is -0.170. The van der Waals surface area contributed by atoms with Gasteiger partial charge in [-0.05, 0) is 32.2 Å². The summed E-state index contributed by atoms with van der Waals surface area (Å²) in [7, 11) is -3.22. The minimum atomic E-state index is -3.22. The highest BCUT2D eigenvalue weighted by atomic mass is 32.2. The summed E-state index contributed by atoms with van der Waals surface area (Å²) in [6, 6.07) is 0.458. The number of rotatable bonds is 2. The molecule has 3 heterocycles. The lowest BCUT2D eigenvalue weighted by Gasteiger charge is -2.44. The molecule has 3 rings (SSSR count). The van der Waals surface area contributed by atoms with E-state index in [1.54, 1.807) is 8.61 Å². The summed E-state index contributed by atoms with van der Waals surface area (Å²) in [6.45, 7) is 4.88. The molecule has 3 aliphatic rings. The molecule has 0 aromatic carbocycles. The Labute approximate surface area is 123 Å². The Bertz CT molecular complexity index is 418. The predicted molar refractivity (Wildman–Crippen MR) is 79.7 cm³/mol. The number of hydrogen-bond acceptors (Lipinski definition) is 3. The van der Waals surface area contributed by atoms with Crippen molar-refractivity contribution in [1.82, 2.24) is 13.5 Å². The molecule has 0 bridgehead atoms. The lowest BCUT2D eigenvalue weighted by atomic mass is 10.0. The van der Waals surface area contributed by atoms with Crippen molar-refractivity contribution in [3.63, 3.8) is 0 Å². The van der Waals surface area contributed by atoms with Crippen LogP contribution in [0.25, 0.3) is 0 Å². The van der Waals surface area contributed by atoms with Gasteiger partial charge in [0, 0.05) is 38.8 Å². The quantitative estimate of drug-likeness (QED) is 0.772. The van der Waals surface area contributed by atoms with Gasteiger partial charge in [0.1, 0.15) is 0 Å². The first-order valence-electron chi connectivity index (χ1n) is 8.17. The number of piperidine rings is 1. The molecule has 0 aromatic rings. The van der Waals surface area contributed by atoms with Gasteiger partial charge in [0.15, 0.2) is 0 Å². The fourth-order valence-electron chi connectivity index (χ4n) is 3.77. The Morgan fingerprint density at radius 2 is 1.40 bits per heavy atom. The Kier molecular flexibility index (Phi) is 4.65. The second-order valence-electron chi connectivity index (χ2n) is 6.36. The molecule has 0 unspecified atom stereocenters. The SMILES string of the molecule is O=S(=O)(N1CCCCCC1)N1CCN2CCCC[C@@H]2C1. The molecule has 3 fully saturated rings. The maximum absolute atomic E-state index is 12.8. The van der Waals surface area contributed by atoms with Gasteiger partial charge in [-0.15, -0.1) is 0 Å². The van der Waals surface area contributed by atoms with Crippen LogP contribution in [-0.4, -0.2) is 67.2 Å².